The van der Waals surface area contributed by atoms with Crippen LogP contribution in [0.3, 0.4) is 0 Å². The van der Waals surface area contributed by atoms with Crippen LogP contribution in [0.4, 0.5) is 0 Å². The van der Waals surface area contributed by atoms with Gasteiger partial charge in [-0.1, -0.05) is 27.5 Å². The molecule has 0 radical (unpaired) electrons. The lowest BCUT2D eigenvalue weighted by molar-refractivity contribution is 0.230. The van der Waals surface area contributed by atoms with E-state index in [0.717, 1.165) is 18.1 Å². The van der Waals surface area contributed by atoms with Crippen LogP contribution < -0.4 is 0 Å². The van der Waals surface area contributed by atoms with Crippen molar-refractivity contribution in [2.75, 3.05) is 13.1 Å². The summed E-state index contributed by atoms with van der Waals surface area (Å²) in [5.41, 5.74) is 0. The van der Waals surface area contributed by atoms with Crippen molar-refractivity contribution >= 4 is 38.9 Å². The molecule has 1 aromatic heterocycles. The Kier molecular flexibility index (Phi) is 3.88. The number of piperidine rings is 1. The van der Waals surface area contributed by atoms with Crippen molar-refractivity contribution in [1.82, 2.24) is 4.90 Å². The van der Waals surface area contributed by atoms with Gasteiger partial charge < -0.3 is 0 Å². The SMILES string of the molecule is Clc1ccsc1CN1CCCC(Br)C1. The zero-order valence-corrected chi connectivity index (χ0v) is 11.0. The molecule has 2 heterocycles. The van der Waals surface area contributed by atoms with E-state index in [0.29, 0.717) is 4.83 Å². The quantitative estimate of drug-likeness (QED) is 0.751. The number of thiophene rings is 1. The minimum atomic E-state index is 0.662. The van der Waals surface area contributed by atoms with Crippen LogP contribution in [0, 0.1) is 0 Å². The lowest BCUT2D eigenvalue weighted by Crippen LogP contribution is -2.34. The predicted molar refractivity (Wildman–Crippen MR) is 66.6 cm³/mol. The van der Waals surface area contributed by atoms with E-state index >= 15 is 0 Å². The molecule has 78 valence electrons. The summed E-state index contributed by atoms with van der Waals surface area (Å²) < 4.78 is 0. The topological polar surface area (TPSA) is 3.24 Å². The second kappa shape index (κ2) is 4.97. The van der Waals surface area contributed by atoms with Gasteiger partial charge in [0.1, 0.15) is 0 Å². The maximum absolute atomic E-state index is 6.07. The zero-order chi connectivity index (χ0) is 9.97. The van der Waals surface area contributed by atoms with Crippen LogP contribution in [0.25, 0.3) is 0 Å². The number of hydrogen-bond donors (Lipinski definition) is 0. The fourth-order valence-electron chi connectivity index (χ4n) is 1.78. The third kappa shape index (κ3) is 2.72. The molecule has 0 aromatic carbocycles. The van der Waals surface area contributed by atoms with Gasteiger partial charge in [0.15, 0.2) is 0 Å². The normalized spacial score (nSPS) is 24.0. The average Bonchev–Trinajstić information content (AvgIpc) is 2.52. The highest BCUT2D eigenvalue weighted by atomic mass is 79.9. The molecule has 1 aliphatic heterocycles. The molecule has 2 rings (SSSR count). The Hall–Kier alpha value is 0.430. The fourth-order valence-corrected chi connectivity index (χ4v) is 3.65. The Bertz CT molecular complexity index is 302. The van der Waals surface area contributed by atoms with E-state index in [1.54, 1.807) is 11.3 Å². The first-order valence-electron chi connectivity index (χ1n) is 4.84. The third-order valence-electron chi connectivity index (χ3n) is 2.51. The number of likely N-dealkylation sites (tertiary alicyclic amines) is 1. The number of rotatable bonds is 2. The van der Waals surface area contributed by atoms with Crippen LogP contribution in [-0.2, 0) is 6.54 Å². The molecule has 1 fully saturated rings. The number of nitrogens with zero attached hydrogens (tertiary/aromatic N) is 1. The Balaban J connectivity index is 1.94. The number of alkyl halides is 1. The number of hydrogen-bond acceptors (Lipinski definition) is 2. The second-order valence-corrected chi connectivity index (χ2v) is 6.37. The maximum atomic E-state index is 6.07. The second-order valence-electron chi connectivity index (χ2n) is 3.67. The Morgan fingerprint density at radius 3 is 3.14 bits per heavy atom. The summed E-state index contributed by atoms with van der Waals surface area (Å²) in [6.45, 7) is 3.36. The van der Waals surface area contributed by atoms with Crippen molar-refractivity contribution in [3.8, 4) is 0 Å². The van der Waals surface area contributed by atoms with Crippen LogP contribution >= 0.6 is 38.9 Å². The van der Waals surface area contributed by atoms with Crippen LogP contribution in [0.2, 0.25) is 5.02 Å². The van der Waals surface area contributed by atoms with Gasteiger partial charge in [0.05, 0.1) is 5.02 Å². The van der Waals surface area contributed by atoms with E-state index < -0.39 is 0 Å². The van der Waals surface area contributed by atoms with Crippen molar-refractivity contribution in [3.63, 3.8) is 0 Å². The first-order chi connectivity index (χ1) is 6.75. The molecule has 1 unspecified atom stereocenters. The lowest BCUT2D eigenvalue weighted by Gasteiger charge is -2.29. The summed E-state index contributed by atoms with van der Waals surface area (Å²) in [5, 5.41) is 2.99. The minimum Gasteiger partial charge on any atom is -0.297 e. The molecular weight excluding hydrogens is 282 g/mol. The van der Waals surface area contributed by atoms with Gasteiger partial charge in [0.25, 0.3) is 0 Å². The van der Waals surface area contributed by atoms with Crippen LogP contribution in [0.15, 0.2) is 11.4 Å². The van der Waals surface area contributed by atoms with Crippen LogP contribution in [-0.4, -0.2) is 22.8 Å². The van der Waals surface area contributed by atoms with Gasteiger partial charge in [-0.15, -0.1) is 11.3 Å². The monoisotopic (exact) mass is 293 g/mol. The Morgan fingerprint density at radius 1 is 1.64 bits per heavy atom. The average molecular weight is 295 g/mol. The van der Waals surface area contributed by atoms with Gasteiger partial charge >= 0.3 is 0 Å². The standard InChI is InChI=1S/C10H13BrClNS/c11-8-2-1-4-13(6-8)7-10-9(12)3-5-14-10/h3,5,8H,1-2,4,6-7H2. The predicted octanol–water partition coefficient (Wildman–Crippen LogP) is 3.76. The molecule has 0 N–H and O–H groups in total. The molecule has 0 saturated carbocycles. The summed E-state index contributed by atoms with van der Waals surface area (Å²) in [5.74, 6) is 0. The highest BCUT2D eigenvalue weighted by Crippen LogP contribution is 2.26. The van der Waals surface area contributed by atoms with E-state index in [1.807, 2.05) is 6.07 Å². The molecule has 1 saturated heterocycles. The molecular formula is C10H13BrClNS. The van der Waals surface area contributed by atoms with Gasteiger partial charge in [0.2, 0.25) is 0 Å². The highest BCUT2D eigenvalue weighted by Gasteiger charge is 2.18. The smallest absolute Gasteiger partial charge is 0.0558 e. The molecule has 1 atom stereocenters. The van der Waals surface area contributed by atoms with E-state index in [-0.39, 0.29) is 0 Å². The zero-order valence-electron chi connectivity index (χ0n) is 7.88. The lowest BCUT2D eigenvalue weighted by atomic mass is 10.1. The molecule has 0 aliphatic carbocycles. The first-order valence-corrected chi connectivity index (χ1v) is 7.01. The van der Waals surface area contributed by atoms with Crippen LogP contribution in [0.5, 0.6) is 0 Å². The van der Waals surface area contributed by atoms with Gasteiger partial charge in [-0.2, -0.15) is 0 Å². The molecule has 0 bridgehead atoms. The molecule has 0 spiro atoms. The molecule has 1 nitrogen and oxygen atoms in total. The summed E-state index contributed by atoms with van der Waals surface area (Å²) >= 11 is 11.5. The van der Waals surface area contributed by atoms with Gasteiger partial charge in [-0.25, -0.2) is 0 Å². The van der Waals surface area contributed by atoms with Gasteiger partial charge in [-0.05, 0) is 30.8 Å². The van der Waals surface area contributed by atoms with E-state index in [4.69, 9.17) is 11.6 Å². The summed E-state index contributed by atoms with van der Waals surface area (Å²) in [4.78, 5) is 4.43. The van der Waals surface area contributed by atoms with Crippen molar-refractivity contribution in [2.24, 2.45) is 0 Å². The first kappa shape index (κ1) is 10.9. The van der Waals surface area contributed by atoms with Crippen molar-refractivity contribution in [3.05, 3.63) is 21.3 Å². The third-order valence-corrected chi connectivity index (χ3v) is 4.63. The molecule has 1 aromatic rings. The minimum absolute atomic E-state index is 0.662. The molecule has 0 amide bonds. The molecule has 14 heavy (non-hydrogen) atoms. The largest absolute Gasteiger partial charge is 0.297 e. The van der Waals surface area contributed by atoms with E-state index in [2.05, 4.69) is 26.2 Å². The van der Waals surface area contributed by atoms with Gasteiger partial charge in [0, 0.05) is 22.8 Å². The van der Waals surface area contributed by atoms with E-state index in [9.17, 15) is 0 Å². The maximum Gasteiger partial charge on any atom is 0.0558 e. The van der Waals surface area contributed by atoms with Crippen molar-refractivity contribution < 1.29 is 0 Å². The highest BCUT2D eigenvalue weighted by molar-refractivity contribution is 9.09. The van der Waals surface area contributed by atoms with Crippen LogP contribution in [0.1, 0.15) is 17.7 Å². The van der Waals surface area contributed by atoms with Crippen molar-refractivity contribution in [1.29, 1.82) is 0 Å². The molecule has 4 heteroatoms. The molecule has 1 aliphatic rings. The van der Waals surface area contributed by atoms with E-state index in [1.165, 1.54) is 24.3 Å². The summed E-state index contributed by atoms with van der Waals surface area (Å²) in [6, 6.07) is 1.98. The summed E-state index contributed by atoms with van der Waals surface area (Å²) in [6.07, 6.45) is 2.59. The Morgan fingerprint density at radius 2 is 2.50 bits per heavy atom. The summed E-state index contributed by atoms with van der Waals surface area (Å²) in [7, 11) is 0. The van der Waals surface area contributed by atoms with Gasteiger partial charge in [-0.3, -0.25) is 4.90 Å². The fraction of sp³-hybridized carbons (Fsp3) is 0.600. The van der Waals surface area contributed by atoms with Crippen molar-refractivity contribution in [2.45, 2.75) is 24.2 Å². The number of halogens is 2. The Labute approximate surface area is 102 Å².